The molecule has 3 amide bonds. The van der Waals surface area contributed by atoms with Crippen LogP contribution in [0, 0.1) is 5.82 Å². The van der Waals surface area contributed by atoms with Crippen LogP contribution in [0.5, 0.6) is 0 Å². The van der Waals surface area contributed by atoms with E-state index in [1.807, 2.05) is 30.3 Å². The van der Waals surface area contributed by atoms with Gasteiger partial charge in [-0.3, -0.25) is 14.4 Å². The van der Waals surface area contributed by atoms with E-state index in [1.165, 1.54) is 30.0 Å². The molecule has 0 saturated carbocycles. The molecule has 0 aliphatic rings. The van der Waals surface area contributed by atoms with Crippen LogP contribution < -0.4 is 16.0 Å². The van der Waals surface area contributed by atoms with Gasteiger partial charge in [-0.05, 0) is 73.7 Å². The lowest BCUT2D eigenvalue weighted by atomic mass is 10.2. The Labute approximate surface area is 272 Å². The van der Waals surface area contributed by atoms with Crippen molar-refractivity contribution >= 4 is 62.9 Å². The predicted octanol–water partition coefficient (Wildman–Crippen LogP) is 8.38. The number of hydrogen-bond acceptors (Lipinski definition) is 5. The quantitative estimate of drug-likeness (QED) is 0.101. The number of anilines is 2. The maximum Gasteiger partial charge on any atom is 0.272 e. The Hall–Kier alpha value is -4.93. The molecule has 0 aliphatic carbocycles. The summed E-state index contributed by atoms with van der Waals surface area (Å²) in [6.45, 7) is 1.72. The Morgan fingerprint density at radius 3 is 2.22 bits per heavy atom. The molecule has 1 atom stereocenters. The summed E-state index contributed by atoms with van der Waals surface area (Å²) < 4.78 is 20.7. The van der Waals surface area contributed by atoms with Gasteiger partial charge >= 0.3 is 0 Å². The first-order valence-electron chi connectivity index (χ1n) is 13.8. The fraction of sp³-hybridized carbons (Fsp3) is 0.0571. The van der Waals surface area contributed by atoms with Gasteiger partial charge in [-0.2, -0.15) is 0 Å². The van der Waals surface area contributed by atoms with E-state index >= 15 is 0 Å². The van der Waals surface area contributed by atoms with Gasteiger partial charge in [0.05, 0.1) is 10.9 Å². The van der Waals surface area contributed by atoms with E-state index in [1.54, 1.807) is 79.7 Å². The fourth-order valence-corrected chi connectivity index (χ4v) is 5.37. The van der Waals surface area contributed by atoms with Crippen LogP contribution in [0.1, 0.15) is 23.0 Å². The highest BCUT2D eigenvalue weighted by molar-refractivity contribution is 9.10. The molecule has 7 nitrogen and oxygen atoms in total. The summed E-state index contributed by atoms with van der Waals surface area (Å²) in [4.78, 5) is 39.8. The molecule has 0 unspecified atom stereocenters. The molecule has 4 aromatic carbocycles. The third kappa shape index (κ3) is 8.59. The second-order valence-electron chi connectivity index (χ2n) is 9.80. The van der Waals surface area contributed by atoms with Gasteiger partial charge in [0.2, 0.25) is 5.91 Å². The van der Waals surface area contributed by atoms with Crippen molar-refractivity contribution in [1.29, 1.82) is 0 Å². The van der Waals surface area contributed by atoms with Crippen LogP contribution in [0.15, 0.2) is 135 Å². The molecule has 5 aromatic rings. The van der Waals surface area contributed by atoms with Crippen molar-refractivity contribution in [3.05, 3.63) is 143 Å². The topological polar surface area (TPSA) is 100 Å². The highest BCUT2D eigenvalue weighted by atomic mass is 79.9. The van der Waals surface area contributed by atoms with E-state index in [9.17, 15) is 18.8 Å². The van der Waals surface area contributed by atoms with E-state index in [2.05, 4.69) is 31.9 Å². The maximum atomic E-state index is 14.1. The molecule has 0 fully saturated rings. The highest BCUT2D eigenvalue weighted by Gasteiger charge is 2.18. The van der Waals surface area contributed by atoms with E-state index < -0.39 is 22.9 Å². The van der Waals surface area contributed by atoms with Gasteiger partial charge in [0.1, 0.15) is 23.0 Å². The van der Waals surface area contributed by atoms with Crippen LogP contribution in [0.2, 0.25) is 0 Å². The third-order valence-corrected chi connectivity index (χ3v) is 8.09. The number of rotatable bonds is 10. The van der Waals surface area contributed by atoms with Gasteiger partial charge in [0.25, 0.3) is 11.8 Å². The SMILES string of the molecule is C[C@H](Sc1ccc(NC(=O)/C(=C/c2ccc(-c3ccccc3)o2)NC(=O)c2ccccc2)cc1)C(=O)Nc1ccc(Br)cc1F. The molecule has 226 valence electrons. The van der Waals surface area contributed by atoms with E-state index in [0.717, 1.165) is 10.5 Å². The summed E-state index contributed by atoms with van der Waals surface area (Å²) in [5.74, 6) is -0.887. The zero-order chi connectivity index (χ0) is 31.8. The summed E-state index contributed by atoms with van der Waals surface area (Å²) in [7, 11) is 0. The second kappa shape index (κ2) is 14.7. The number of halogens is 2. The minimum absolute atomic E-state index is 0.0123. The third-order valence-electron chi connectivity index (χ3n) is 6.48. The van der Waals surface area contributed by atoms with Crippen molar-refractivity contribution in [2.75, 3.05) is 10.6 Å². The lowest BCUT2D eigenvalue weighted by molar-refractivity contribution is -0.115. The number of thioether (sulfide) groups is 1. The van der Waals surface area contributed by atoms with Crippen molar-refractivity contribution < 1.29 is 23.2 Å². The number of benzene rings is 4. The average molecular weight is 685 g/mol. The Morgan fingerprint density at radius 2 is 1.53 bits per heavy atom. The van der Waals surface area contributed by atoms with Crippen molar-refractivity contribution in [1.82, 2.24) is 5.32 Å². The highest BCUT2D eigenvalue weighted by Crippen LogP contribution is 2.27. The molecular weight excluding hydrogens is 657 g/mol. The second-order valence-corrected chi connectivity index (χ2v) is 12.1. The van der Waals surface area contributed by atoms with Crippen LogP contribution in [-0.4, -0.2) is 23.0 Å². The first-order valence-corrected chi connectivity index (χ1v) is 15.5. The van der Waals surface area contributed by atoms with Crippen LogP contribution in [-0.2, 0) is 9.59 Å². The predicted molar refractivity (Wildman–Crippen MR) is 179 cm³/mol. The monoisotopic (exact) mass is 683 g/mol. The van der Waals surface area contributed by atoms with Crippen LogP contribution >= 0.6 is 27.7 Å². The molecule has 10 heteroatoms. The maximum absolute atomic E-state index is 14.1. The van der Waals surface area contributed by atoms with E-state index in [-0.39, 0.29) is 17.3 Å². The fourth-order valence-electron chi connectivity index (χ4n) is 4.17. The van der Waals surface area contributed by atoms with Crippen molar-refractivity contribution in [2.24, 2.45) is 0 Å². The summed E-state index contributed by atoms with van der Waals surface area (Å²) in [6, 6.07) is 32.9. The minimum Gasteiger partial charge on any atom is -0.457 e. The van der Waals surface area contributed by atoms with Crippen LogP contribution in [0.4, 0.5) is 15.8 Å². The number of carbonyl (C=O) groups excluding carboxylic acids is 3. The van der Waals surface area contributed by atoms with Crippen molar-refractivity contribution in [2.45, 2.75) is 17.1 Å². The normalized spacial score (nSPS) is 11.8. The summed E-state index contributed by atoms with van der Waals surface area (Å²) in [6.07, 6.45) is 1.47. The van der Waals surface area contributed by atoms with Crippen molar-refractivity contribution in [3.8, 4) is 11.3 Å². The first-order chi connectivity index (χ1) is 21.7. The Bertz CT molecular complexity index is 1840. The lowest BCUT2D eigenvalue weighted by Gasteiger charge is -2.14. The summed E-state index contributed by atoms with van der Waals surface area (Å²) in [5.41, 5.74) is 1.83. The Kier molecular flexibility index (Phi) is 10.3. The number of furan rings is 1. The molecule has 3 N–H and O–H groups in total. The molecule has 45 heavy (non-hydrogen) atoms. The van der Waals surface area contributed by atoms with Gasteiger partial charge in [-0.25, -0.2) is 4.39 Å². The van der Waals surface area contributed by atoms with E-state index in [4.69, 9.17) is 4.42 Å². The molecule has 0 bridgehead atoms. The molecule has 1 heterocycles. The van der Waals surface area contributed by atoms with Gasteiger partial charge < -0.3 is 20.4 Å². The minimum atomic E-state index is -0.554. The van der Waals surface area contributed by atoms with Gasteiger partial charge in [0, 0.05) is 32.3 Å². The van der Waals surface area contributed by atoms with E-state index in [0.29, 0.717) is 27.2 Å². The standard InChI is InChI=1S/C35H27BrFN3O4S/c1-22(33(41)39-30-18-12-25(36)20-29(30)37)45-28-16-13-26(14-17-28)38-35(43)31(40-34(42)24-10-6-3-7-11-24)21-27-15-19-32(44-27)23-8-4-2-5-9-23/h2-22H,1H3,(H,38,43)(H,39,41)(H,40,42)/b31-21-/t22-/m0/s1. The Balaban J connectivity index is 1.27. The summed E-state index contributed by atoms with van der Waals surface area (Å²) >= 11 is 4.48. The molecule has 0 radical (unpaired) electrons. The van der Waals surface area contributed by atoms with Crippen molar-refractivity contribution in [3.63, 3.8) is 0 Å². The zero-order valence-corrected chi connectivity index (χ0v) is 26.3. The number of nitrogens with one attached hydrogen (secondary N) is 3. The Morgan fingerprint density at radius 1 is 0.844 bits per heavy atom. The van der Waals surface area contributed by atoms with Crippen LogP contribution in [0.25, 0.3) is 17.4 Å². The lowest BCUT2D eigenvalue weighted by Crippen LogP contribution is -2.30. The molecule has 0 spiro atoms. The summed E-state index contributed by atoms with van der Waals surface area (Å²) in [5, 5.41) is 7.59. The van der Waals surface area contributed by atoms with Crippen LogP contribution in [0.3, 0.4) is 0 Å². The largest absolute Gasteiger partial charge is 0.457 e. The smallest absolute Gasteiger partial charge is 0.272 e. The van der Waals surface area contributed by atoms with Gasteiger partial charge in [-0.15, -0.1) is 11.8 Å². The zero-order valence-electron chi connectivity index (χ0n) is 23.9. The molecule has 0 aliphatic heterocycles. The number of carbonyl (C=O) groups is 3. The average Bonchev–Trinajstić information content (AvgIpc) is 3.52. The number of hydrogen-bond donors (Lipinski definition) is 3. The number of amides is 3. The molecular formula is C35H27BrFN3O4S. The van der Waals surface area contributed by atoms with Gasteiger partial charge in [0.15, 0.2) is 0 Å². The molecule has 0 saturated heterocycles. The molecule has 1 aromatic heterocycles. The van der Waals surface area contributed by atoms with Gasteiger partial charge in [-0.1, -0.05) is 64.5 Å². The molecule has 5 rings (SSSR count). The first kappa shape index (κ1) is 31.5.